The smallest absolute Gasteiger partial charge is 0.194 e. The van der Waals surface area contributed by atoms with Gasteiger partial charge in [-0.2, -0.15) is 5.10 Å². The van der Waals surface area contributed by atoms with Crippen LogP contribution in [0.25, 0.3) is 5.69 Å². The molecule has 3 nitrogen and oxygen atoms in total. The maximum absolute atomic E-state index is 12.9. The second kappa shape index (κ2) is 3.38. The number of aromatic nitrogens is 3. The highest BCUT2D eigenvalue weighted by atomic mass is 19.2. The Kier molecular flexibility index (Phi) is 2.18. The van der Waals surface area contributed by atoms with E-state index < -0.39 is 17.5 Å². The zero-order valence-electron chi connectivity index (χ0n) is 7.71. The predicted octanol–water partition coefficient (Wildman–Crippen LogP) is 1.99. The summed E-state index contributed by atoms with van der Waals surface area (Å²) in [6, 6.07) is 1.71. The van der Waals surface area contributed by atoms with Gasteiger partial charge in [-0.3, -0.25) is 0 Å². The van der Waals surface area contributed by atoms with Crippen molar-refractivity contribution >= 4 is 0 Å². The van der Waals surface area contributed by atoms with Crippen LogP contribution < -0.4 is 0 Å². The summed E-state index contributed by atoms with van der Waals surface area (Å²) >= 11 is 0. The zero-order chi connectivity index (χ0) is 11.0. The molecule has 0 unspecified atom stereocenters. The van der Waals surface area contributed by atoms with Gasteiger partial charge < -0.3 is 0 Å². The van der Waals surface area contributed by atoms with E-state index in [0.717, 1.165) is 12.1 Å². The Morgan fingerprint density at radius 2 is 1.73 bits per heavy atom. The molecular weight excluding hydrogens is 207 g/mol. The third-order valence-corrected chi connectivity index (χ3v) is 1.84. The lowest BCUT2D eigenvalue weighted by Crippen LogP contribution is -1.99. The van der Waals surface area contributed by atoms with Gasteiger partial charge >= 0.3 is 0 Å². The number of aryl methyl sites for hydroxylation is 1. The van der Waals surface area contributed by atoms with Crippen molar-refractivity contribution in [3.63, 3.8) is 0 Å². The van der Waals surface area contributed by atoms with Crippen LogP contribution in [0, 0.1) is 24.4 Å². The van der Waals surface area contributed by atoms with E-state index in [-0.39, 0.29) is 5.69 Å². The van der Waals surface area contributed by atoms with Crippen LogP contribution in [0.5, 0.6) is 0 Å². The molecule has 2 aromatic rings. The van der Waals surface area contributed by atoms with Crippen LogP contribution >= 0.6 is 0 Å². The summed E-state index contributed by atoms with van der Waals surface area (Å²) in [5.74, 6) is -3.54. The zero-order valence-corrected chi connectivity index (χ0v) is 7.71. The van der Waals surface area contributed by atoms with Gasteiger partial charge in [0.1, 0.15) is 12.2 Å². The Balaban J connectivity index is 2.55. The van der Waals surface area contributed by atoms with E-state index in [1.807, 2.05) is 0 Å². The highest BCUT2D eigenvalue weighted by Crippen LogP contribution is 2.15. The molecule has 0 atom stereocenters. The number of nitrogens with zero attached hydrogens (tertiary/aromatic N) is 3. The summed E-state index contributed by atoms with van der Waals surface area (Å²) in [6.45, 7) is 1.63. The number of halogens is 3. The number of hydrogen-bond donors (Lipinski definition) is 0. The summed E-state index contributed by atoms with van der Waals surface area (Å²) < 4.78 is 39.5. The van der Waals surface area contributed by atoms with Crippen LogP contribution in [0.1, 0.15) is 5.82 Å². The minimum atomic E-state index is -1.49. The minimum Gasteiger partial charge on any atom is -0.221 e. The van der Waals surface area contributed by atoms with Gasteiger partial charge in [0.05, 0.1) is 5.69 Å². The summed E-state index contributed by atoms with van der Waals surface area (Å²) in [7, 11) is 0. The van der Waals surface area contributed by atoms with Gasteiger partial charge in [-0.05, 0) is 6.92 Å². The van der Waals surface area contributed by atoms with E-state index in [9.17, 15) is 13.2 Å². The Morgan fingerprint density at radius 3 is 2.20 bits per heavy atom. The maximum atomic E-state index is 12.9. The van der Waals surface area contributed by atoms with Crippen LogP contribution in [0.2, 0.25) is 0 Å². The molecule has 1 aromatic heterocycles. The average Bonchev–Trinajstić information content (AvgIpc) is 2.60. The Hall–Kier alpha value is -1.85. The van der Waals surface area contributed by atoms with E-state index in [1.54, 1.807) is 6.92 Å². The number of benzene rings is 1. The fourth-order valence-corrected chi connectivity index (χ4v) is 1.14. The molecule has 78 valence electrons. The molecule has 1 aromatic carbocycles. The van der Waals surface area contributed by atoms with Gasteiger partial charge in [-0.1, -0.05) is 0 Å². The molecule has 0 aliphatic heterocycles. The Bertz CT molecular complexity index is 484. The minimum absolute atomic E-state index is 0.0898. The summed E-state index contributed by atoms with van der Waals surface area (Å²) in [6.07, 6.45) is 1.29. The van der Waals surface area contributed by atoms with Gasteiger partial charge in [0.15, 0.2) is 17.5 Å². The van der Waals surface area contributed by atoms with Crippen molar-refractivity contribution in [2.75, 3.05) is 0 Å². The van der Waals surface area contributed by atoms with Crippen LogP contribution in [-0.4, -0.2) is 14.8 Å². The first kappa shape index (κ1) is 9.70. The number of hydrogen-bond acceptors (Lipinski definition) is 2. The molecule has 0 saturated carbocycles. The second-order valence-electron chi connectivity index (χ2n) is 2.96. The van der Waals surface area contributed by atoms with Crippen LogP contribution in [0.15, 0.2) is 18.5 Å². The first-order valence-corrected chi connectivity index (χ1v) is 4.11. The molecule has 0 aliphatic rings. The molecule has 0 spiro atoms. The molecule has 0 radical (unpaired) electrons. The normalized spacial score (nSPS) is 10.7. The largest absolute Gasteiger partial charge is 0.221 e. The third kappa shape index (κ3) is 1.70. The molecule has 0 N–H and O–H groups in total. The van der Waals surface area contributed by atoms with E-state index in [1.165, 1.54) is 11.0 Å². The SMILES string of the molecule is Cc1ncn(-c2cc(F)c(F)c(F)c2)n1. The quantitative estimate of drug-likeness (QED) is 0.678. The van der Waals surface area contributed by atoms with Crippen molar-refractivity contribution in [2.24, 2.45) is 0 Å². The van der Waals surface area contributed by atoms with E-state index >= 15 is 0 Å². The maximum Gasteiger partial charge on any atom is 0.194 e. The van der Waals surface area contributed by atoms with Gasteiger partial charge in [0.2, 0.25) is 0 Å². The molecule has 1 heterocycles. The molecular formula is C9H6F3N3. The summed E-state index contributed by atoms with van der Waals surface area (Å²) in [5, 5.41) is 3.84. The Labute approximate surface area is 83.2 Å². The summed E-state index contributed by atoms with van der Waals surface area (Å²) in [5.41, 5.74) is 0.0898. The van der Waals surface area contributed by atoms with Crippen LogP contribution in [-0.2, 0) is 0 Å². The lowest BCUT2D eigenvalue weighted by Gasteiger charge is -2.01. The number of rotatable bonds is 1. The van der Waals surface area contributed by atoms with Gasteiger partial charge in [-0.25, -0.2) is 22.8 Å². The monoisotopic (exact) mass is 213 g/mol. The molecule has 0 bridgehead atoms. The lowest BCUT2D eigenvalue weighted by molar-refractivity contribution is 0.446. The van der Waals surface area contributed by atoms with E-state index in [4.69, 9.17) is 0 Å². The van der Waals surface area contributed by atoms with Crippen molar-refractivity contribution in [3.05, 3.63) is 41.7 Å². The van der Waals surface area contributed by atoms with E-state index in [0.29, 0.717) is 5.82 Å². The van der Waals surface area contributed by atoms with Crippen molar-refractivity contribution in [2.45, 2.75) is 6.92 Å². The van der Waals surface area contributed by atoms with Crippen LogP contribution in [0.3, 0.4) is 0 Å². The molecule has 0 fully saturated rings. The predicted molar refractivity (Wildman–Crippen MR) is 46.0 cm³/mol. The fraction of sp³-hybridized carbons (Fsp3) is 0.111. The standard InChI is InChI=1S/C9H6F3N3/c1-5-13-4-15(14-5)6-2-7(10)9(12)8(11)3-6/h2-4H,1H3. The molecule has 6 heteroatoms. The molecule has 0 saturated heterocycles. The summed E-state index contributed by atoms with van der Waals surface area (Å²) in [4.78, 5) is 3.79. The topological polar surface area (TPSA) is 30.7 Å². The molecule has 15 heavy (non-hydrogen) atoms. The van der Waals surface area contributed by atoms with Crippen molar-refractivity contribution in [3.8, 4) is 5.69 Å². The molecule has 0 aliphatic carbocycles. The third-order valence-electron chi connectivity index (χ3n) is 1.84. The van der Waals surface area contributed by atoms with Crippen LogP contribution in [0.4, 0.5) is 13.2 Å². The van der Waals surface area contributed by atoms with Crippen molar-refractivity contribution in [1.82, 2.24) is 14.8 Å². The Morgan fingerprint density at radius 1 is 1.13 bits per heavy atom. The lowest BCUT2D eigenvalue weighted by atomic mass is 10.3. The van der Waals surface area contributed by atoms with Crippen molar-refractivity contribution in [1.29, 1.82) is 0 Å². The highest BCUT2D eigenvalue weighted by molar-refractivity contribution is 5.32. The average molecular weight is 213 g/mol. The second-order valence-corrected chi connectivity index (χ2v) is 2.96. The first-order chi connectivity index (χ1) is 7.08. The van der Waals surface area contributed by atoms with Gasteiger partial charge in [-0.15, -0.1) is 0 Å². The highest BCUT2D eigenvalue weighted by Gasteiger charge is 2.11. The van der Waals surface area contributed by atoms with E-state index in [2.05, 4.69) is 10.1 Å². The van der Waals surface area contributed by atoms with Gasteiger partial charge in [0.25, 0.3) is 0 Å². The first-order valence-electron chi connectivity index (χ1n) is 4.11. The molecule has 0 amide bonds. The van der Waals surface area contributed by atoms with Crippen molar-refractivity contribution < 1.29 is 13.2 Å². The fourth-order valence-electron chi connectivity index (χ4n) is 1.14. The molecule has 2 rings (SSSR count). The van der Waals surface area contributed by atoms with Gasteiger partial charge in [0, 0.05) is 12.1 Å².